The highest BCUT2D eigenvalue weighted by Crippen LogP contribution is 2.20. The SMILES string of the molecule is O=C(O)CC(O)C(O)c1cnc2ccc(Cl)nn12. The molecule has 2 aromatic rings. The molecule has 18 heavy (non-hydrogen) atoms. The van der Waals surface area contributed by atoms with Gasteiger partial charge in [0.25, 0.3) is 0 Å². The van der Waals surface area contributed by atoms with E-state index >= 15 is 0 Å². The number of nitrogens with zero attached hydrogens (tertiary/aromatic N) is 3. The number of imidazole rings is 1. The molecule has 2 aromatic heterocycles. The largest absolute Gasteiger partial charge is 0.481 e. The molecule has 96 valence electrons. The second-order valence-corrected chi connectivity index (χ2v) is 4.11. The minimum atomic E-state index is -1.44. The van der Waals surface area contributed by atoms with E-state index in [0.717, 1.165) is 0 Å². The Morgan fingerprint density at radius 2 is 2.17 bits per heavy atom. The fourth-order valence-corrected chi connectivity index (χ4v) is 1.70. The Bertz CT molecular complexity index is 586. The third-order valence-electron chi connectivity index (χ3n) is 2.41. The van der Waals surface area contributed by atoms with E-state index in [1.807, 2.05) is 0 Å². The van der Waals surface area contributed by atoms with E-state index < -0.39 is 24.6 Å². The third-order valence-corrected chi connectivity index (χ3v) is 2.61. The van der Waals surface area contributed by atoms with Crippen LogP contribution >= 0.6 is 11.6 Å². The number of rotatable bonds is 4. The molecule has 2 heterocycles. The summed E-state index contributed by atoms with van der Waals surface area (Å²) in [5.74, 6) is -1.21. The van der Waals surface area contributed by atoms with Crippen molar-refractivity contribution in [1.29, 1.82) is 0 Å². The summed E-state index contributed by atoms with van der Waals surface area (Å²) >= 11 is 5.72. The van der Waals surface area contributed by atoms with E-state index in [9.17, 15) is 15.0 Å². The molecule has 0 radical (unpaired) electrons. The second-order valence-electron chi connectivity index (χ2n) is 3.72. The van der Waals surface area contributed by atoms with E-state index in [1.54, 1.807) is 6.07 Å². The Morgan fingerprint density at radius 3 is 2.83 bits per heavy atom. The van der Waals surface area contributed by atoms with Crippen LogP contribution in [0.2, 0.25) is 5.15 Å². The first-order valence-corrected chi connectivity index (χ1v) is 5.45. The third kappa shape index (κ3) is 2.42. The number of fused-ring (bicyclic) bond motifs is 1. The van der Waals surface area contributed by atoms with Crippen molar-refractivity contribution in [3.8, 4) is 0 Å². The van der Waals surface area contributed by atoms with Crippen LogP contribution in [0.25, 0.3) is 5.65 Å². The van der Waals surface area contributed by atoms with Crippen LogP contribution in [0.15, 0.2) is 18.3 Å². The predicted octanol–water partition coefficient (Wildman–Crippen LogP) is 0.252. The Labute approximate surface area is 106 Å². The highest BCUT2D eigenvalue weighted by molar-refractivity contribution is 6.29. The maximum Gasteiger partial charge on any atom is 0.306 e. The molecule has 8 heteroatoms. The Balaban J connectivity index is 2.35. The van der Waals surface area contributed by atoms with Crippen LogP contribution in [0, 0.1) is 0 Å². The van der Waals surface area contributed by atoms with Gasteiger partial charge in [-0.25, -0.2) is 9.50 Å². The lowest BCUT2D eigenvalue weighted by molar-refractivity contribution is -0.141. The lowest BCUT2D eigenvalue weighted by Gasteiger charge is -2.15. The van der Waals surface area contributed by atoms with Crippen molar-refractivity contribution >= 4 is 23.2 Å². The van der Waals surface area contributed by atoms with Crippen molar-refractivity contribution in [1.82, 2.24) is 14.6 Å². The van der Waals surface area contributed by atoms with Crippen LogP contribution in [-0.2, 0) is 4.79 Å². The first-order chi connectivity index (χ1) is 8.49. The fourth-order valence-electron chi connectivity index (χ4n) is 1.56. The molecule has 2 atom stereocenters. The molecule has 0 aliphatic heterocycles. The van der Waals surface area contributed by atoms with Gasteiger partial charge >= 0.3 is 5.97 Å². The van der Waals surface area contributed by atoms with Crippen LogP contribution in [0.3, 0.4) is 0 Å². The van der Waals surface area contributed by atoms with Gasteiger partial charge in [0, 0.05) is 0 Å². The summed E-state index contributed by atoms with van der Waals surface area (Å²) in [6.07, 6.45) is -2.10. The molecule has 0 saturated heterocycles. The van der Waals surface area contributed by atoms with Gasteiger partial charge in [-0.2, -0.15) is 5.10 Å². The van der Waals surface area contributed by atoms with Gasteiger partial charge in [-0.1, -0.05) is 11.6 Å². The van der Waals surface area contributed by atoms with Crippen LogP contribution < -0.4 is 0 Å². The molecule has 0 aliphatic carbocycles. The average molecular weight is 272 g/mol. The minimum Gasteiger partial charge on any atom is -0.481 e. The summed E-state index contributed by atoms with van der Waals surface area (Å²) in [5.41, 5.74) is 0.622. The fraction of sp³-hybridized carbons (Fsp3) is 0.300. The van der Waals surface area contributed by atoms with E-state index in [1.165, 1.54) is 16.8 Å². The molecule has 0 aromatic carbocycles. The summed E-state index contributed by atoms with van der Waals surface area (Å²) in [4.78, 5) is 14.4. The number of carboxylic acid groups (broad SMARTS) is 1. The van der Waals surface area contributed by atoms with Gasteiger partial charge in [0.1, 0.15) is 11.3 Å². The first-order valence-electron chi connectivity index (χ1n) is 5.07. The molecule has 2 unspecified atom stereocenters. The average Bonchev–Trinajstić information content (AvgIpc) is 2.69. The number of aromatic nitrogens is 3. The van der Waals surface area contributed by atoms with Crippen LogP contribution in [0.4, 0.5) is 0 Å². The zero-order valence-electron chi connectivity index (χ0n) is 9.06. The summed E-state index contributed by atoms with van der Waals surface area (Å²) in [6, 6.07) is 3.13. The molecular weight excluding hydrogens is 262 g/mol. The number of halogens is 1. The number of aliphatic hydroxyl groups is 2. The second kappa shape index (κ2) is 4.89. The van der Waals surface area contributed by atoms with Crippen molar-refractivity contribution in [2.24, 2.45) is 0 Å². The van der Waals surface area contributed by atoms with E-state index in [-0.39, 0.29) is 10.8 Å². The van der Waals surface area contributed by atoms with Gasteiger partial charge in [0.05, 0.1) is 24.4 Å². The summed E-state index contributed by atoms with van der Waals surface area (Å²) in [5, 5.41) is 32.1. The standard InChI is InChI=1S/C10H10ClN3O4/c11-7-1-2-8-12-4-5(14(8)13-7)10(18)6(15)3-9(16)17/h1-2,4,6,10,15,18H,3H2,(H,16,17). The molecule has 2 rings (SSSR count). The monoisotopic (exact) mass is 271 g/mol. The van der Waals surface area contributed by atoms with E-state index in [0.29, 0.717) is 5.65 Å². The number of carboxylic acids is 1. The van der Waals surface area contributed by atoms with Crippen molar-refractivity contribution < 1.29 is 20.1 Å². The molecule has 0 saturated carbocycles. The van der Waals surface area contributed by atoms with Crippen molar-refractivity contribution in [3.05, 3.63) is 29.2 Å². The van der Waals surface area contributed by atoms with Gasteiger partial charge < -0.3 is 15.3 Å². The minimum absolute atomic E-state index is 0.182. The normalized spacial score (nSPS) is 14.6. The molecule has 0 aliphatic rings. The van der Waals surface area contributed by atoms with Gasteiger partial charge in [-0.3, -0.25) is 4.79 Å². The topological polar surface area (TPSA) is 108 Å². The highest BCUT2D eigenvalue weighted by atomic mass is 35.5. The molecule has 0 spiro atoms. The van der Waals surface area contributed by atoms with Crippen molar-refractivity contribution in [2.75, 3.05) is 0 Å². The van der Waals surface area contributed by atoms with E-state index in [2.05, 4.69) is 10.1 Å². The van der Waals surface area contributed by atoms with Crippen LogP contribution in [-0.4, -0.2) is 42.0 Å². The van der Waals surface area contributed by atoms with Gasteiger partial charge in [-0.15, -0.1) is 0 Å². The highest BCUT2D eigenvalue weighted by Gasteiger charge is 2.24. The Hall–Kier alpha value is -1.70. The van der Waals surface area contributed by atoms with E-state index in [4.69, 9.17) is 16.7 Å². The summed E-state index contributed by atoms with van der Waals surface area (Å²) in [6.45, 7) is 0. The number of carbonyl (C=O) groups is 1. The molecular formula is C10H10ClN3O4. The Morgan fingerprint density at radius 1 is 1.44 bits per heavy atom. The first kappa shape index (κ1) is 12.7. The number of hydrogen-bond acceptors (Lipinski definition) is 5. The number of hydrogen-bond donors (Lipinski definition) is 3. The molecule has 3 N–H and O–H groups in total. The summed E-state index contributed by atoms with van der Waals surface area (Å²) < 4.78 is 1.26. The van der Waals surface area contributed by atoms with Gasteiger partial charge in [0.2, 0.25) is 0 Å². The van der Waals surface area contributed by atoms with Gasteiger partial charge in [0.15, 0.2) is 5.65 Å². The lowest BCUT2D eigenvalue weighted by Crippen LogP contribution is -2.23. The maximum absolute atomic E-state index is 10.5. The predicted molar refractivity (Wildman–Crippen MR) is 61.2 cm³/mol. The zero-order chi connectivity index (χ0) is 13.3. The number of aliphatic carboxylic acids is 1. The maximum atomic E-state index is 10.5. The van der Waals surface area contributed by atoms with Gasteiger partial charge in [-0.05, 0) is 12.1 Å². The van der Waals surface area contributed by atoms with Crippen LogP contribution in [0.1, 0.15) is 18.2 Å². The molecule has 7 nitrogen and oxygen atoms in total. The van der Waals surface area contributed by atoms with Crippen molar-refractivity contribution in [2.45, 2.75) is 18.6 Å². The summed E-state index contributed by atoms with van der Waals surface area (Å²) in [7, 11) is 0. The van der Waals surface area contributed by atoms with Crippen molar-refractivity contribution in [3.63, 3.8) is 0 Å². The molecule has 0 bridgehead atoms. The molecule has 0 fully saturated rings. The zero-order valence-corrected chi connectivity index (χ0v) is 9.82. The lowest BCUT2D eigenvalue weighted by atomic mass is 10.1. The Kier molecular flexibility index (Phi) is 3.46. The quantitative estimate of drug-likeness (QED) is 0.736. The smallest absolute Gasteiger partial charge is 0.306 e. The molecule has 0 amide bonds. The number of aliphatic hydroxyl groups excluding tert-OH is 2. The van der Waals surface area contributed by atoms with Crippen LogP contribution in [0.5, 0.6) is 0 Å².